The molecule has 1 saturated heterocycles. The van der Waals surface area contributed by atoms with E-state index in [9.17, 15) is 19.2 Å². The molecule has 0 bridgehead atoms. The second-order valence-electron chi connectivity index (χ2n) is 5.92. The van der Waals surface area contributed by atoms with Crippen molar-refractivity contribution in [3.63, 3.8) is 0 Å². The van der Waals surface area contributed by atoms with Crippen molar-refractivity contribution >= 4 is 46.5 Å². The van der Waals surface area contributed by atoms with Gasteiger partial charge in [0, 0.05) is 6.54 Å². The number of Topliss-reactive ketones (excluding diaryl/α,β-unsaturated/α-hetero) is 1. The zero-order valence-corrected chi connectivity index (χ0v) is 14.8. The van der Waals surface area contributed by atoms with Crippen LogP contribution in [-0.4, -0.2) is 41.6 Å². The van der Waals surface area contributed by atoms with E-state index in [1.807, 2.05) is 12.2 Å². The summed E-state index contributed by atoms with van der Waals surface area (Å²) < 4.78 is 5.41. The summed E-state index contributed by atoms with van der Waals surface area (Å²) in [5.74, 6) is -2.02. The van der Waals surface area contributed by atoms with E-state index < -0.39 is 5.97 Å². The standard InChI is InChI=1S/C17H16ClNO5S/c18-14-6-5-13(25-14)12(20)9-24-15(21)7-8-19-16(22)10-3-1-2-4-11(10)17(19)23/h1-2,5-6,10-11H,3-4,7-9H2/t10-,11-/m1/s1. The zero-order chi connectivity index (χ0) is 18.0. The van der Waals surface area contributed by atoms with E-state index in [4.69, 9.17) is 16.3 Å². The number of hydrogen-bond acceptors (Lipinski definition) is 6. The predicted molar refractivity (Wildman–Crippen MR) is 91.3 cm³/mol. The van der Waals surface area contributed by atoms with Crippen molar-refractivity contribution in [1.82, 2.24) is 4.90 Å². The van der Waals surface area contributed by atoms with Gasteiger partial charge in [0.2, 0.25) is 17.6 Å². The molecule has 1 aromatic rings. The lowest BCUT2D eigenvalue weighted by atomic mass is 9.85. The first-order valence-corrected chi connectivity index (χ1v) is 9.11. The molecule has 6 nitrogen and oxygen atoms in total. The maximum Gasteiger partial charge on any atom is 0.308 e. The molecule has 1 fully saturated rings. The lowest BCUT2D eigenvalue weighted by Gasteiger charge is -2.14. The third-order valence-electron chi connectivity index (χ3n) is 4.35. The molecule has 2 heterocycles. The van der Waals surface area contributed by atoms with E-state index in [0.29, 0.717) is 22.1 Å². The van der Waals surface area contributed by atoms with Crippen LogP contribution < -0.4 is 0 Å². The molecule has 0 aromatic carbocycles. The molecule has 8 heteroatoms. The number of hydrogen-bond donors (Lipinski definition) is 0. The number of ketones is 1. The summed E-state index contributed by atoms with van der Waals surface area (Å²) in [5, 5.41) is 0. The maximum atomic E-state index is 12.3. The molecule has 1 aliphatic heterocycles. The van der Waals surface area contributed by atoms with Crippen LogP contribution in [0.4, 0.5) is 0 Å². The van der Waals surface area contributed by atoms with Crippen LogP contribution >= 0.6 is 22.9 Å². The summed E-state index contributed by atoms with van der Waals surface area (Å²) in [6.07, 6.45) is 4.82. The highest BCUT2D eigenvalue weighted by Crippen LogP contribution is 2.35. The largest absolute Gasteiger partial charge is 0.457 e. The molecule has 0 saturated carbocycles. The lowest BCUT2D eigenvalue weighted by molar-refractivity contribution is -0.145. The minimum atomic E-state index is -0.621. The Kier molecular flexibility index (Phi) is 5.34. The van der Waals surface area contributed by atoms with Gasteiger partial charge in [-0.2, -0.15) is 0 Å². The fourth-order valence-corrected chi connectivity index (χ4v) is 4.01. The quantitative estimate of drug-likeness (QED) is 0.327. The Hall–Kier alpha value is -1.99. The Morgan fingerprint density at radius 1 is 1.16 bits per heavy atom. The van der Waals surface area contributed by atoms with Gasteiger partial charge in [-0.1, -0.05) is 23.8 Å². The highest BCUT2D eigenvalue weighted by molar-refractivity contribution is 7.18. The number of halogens is 1. The van der Waals surface area contributed by atoms with Crippen molar-refractivity contribution in [3.05, 3.63) is 33.5 Å². The lowest BCUT2D eigenvalue weighted by Crippen LogP contribution is -2.33. The Morgan fingerprint density at radius 2 is 1.80 bits per heavy atom. The number of carbonyl (C=O) groups excluding carboxylic acids is 4. The number of fused-ring (bicyclic) bond motifs is 1. The molecular formula is C17H16ClNO5S. The molecule has 0 N–H and O–H groups in total. The second-order valence-corrected chi connectivity index (χ2v) is 7.64. The molecule has 1 aliphatic carbocycles. The van der Waals surface area contributed by atoms with E-state index in [2.05, 4.69) is 0 Å². The molecule has 0 radical (unpaired) electrons. The van der Waals surface area contributed by atoms with Crippen LogP contribution in [0.3, 0.4) is 0 Å². The summed E-state index contributed by atoms with van der Waals surface area (Å²) in [4.78, 5) is 49.8. The summed E-state index contributed by atoms with van der Waals surface area (Å²) in [6.45, 7) is -0.394. The molecule has 3 rings (SSSR count). The summed E-state index contributed by atoms with van der Waals surface area (Å²) in [7, 11) is 0. The number of ether oxygens (including phenoxy) is 1. The first-order chi connectivity index (χ1) is 12.0. The smallest absolute Gasteiger partial charge is 0.308 e. The number of nitrogens with zero attached hydrogens (tertiary/aromatic N) is 1. The maximum absolute atomic E-state index is 12.3. The Labute approximate surface area is 153 Å². The Morgan fingerprint density at radius 3 is 2.36 bits per heavy atom. The van der Waals surface area contributed by atoms with Gasteiger partial charge in [-0.25, -0.2) is 0 Å². The van der Waals surface area contributed by atoms with E-state index in [1.54, 1.807) is 12.1 Å². The first-order valence-electron chi connectivity index (χ1n) is 7.91. The van der Waals surface area contributed by atoms with Gasteiger partial charge in [0.25, 0.3) is 0 Å². The number of esters is 1. The van der Waals surface area contributed by atoms with E-state index >= 15 is 0 Å². The number of amides is 2. The SMILES string of the molecule is O=C(CCN1C(=O)[C@@H]2CC=CC[C@H]2C1=O)OCC(=O)c1ccc(Cl)s1. The molecular weight excluding hydrogens is 366 g/mol. The van der Waals surface area contributed by atoms with Gasteiger partial charge in [-0.3, -0.25) is 24.1 Å². The van der Waals surface area contributed by atoms with Gasteiger partial charge >= 0.3 is 5.97 Å². The highest BCUT2D eigenvalue weighted by Gasteiger charge is 2.46. The van der Waals surface area contributed by atoms with Gasteiger partial charge < -0.3 is 4.74 Å². The van der Waals surface area contributed by atoms with Gasteiger partial charge in [0.15, 0.2) is 6.61 Å². The van der Waals surface area contributed by atoms with Gasteiger partial charge in [0.1, 0.15) is 0 Å². The van der Waals surface area contributed by atoms with E-state index in [0.717, 1.165) is 16.2 Å². The molecule has 0 unspecified atom stereocenters. The molecule has 2 amide bonds. The average Bonchev–Trinajstić information content (AvgIpc) is 3.14. The van der Waals surface area contributed by atoms with Gasteiger partial charge in [-0.15, -0.1) is 11.3 Å². The highest BCUT2D eigenvalue weighted by atomic mass is 35.5. The number of allylic oxidation sites excluding steroid dienone is 2. The van der Waals surface area contributed by atoms with Gasteiger partial charge in [-0.05, 0) is 25.0 Å². The first kappa shape index (κ1) is 17.8. The van der Waals surface area contributed by atoms with Crippen LogP contribution in [0.15, 0.2) is 24.3 Å². The summed E-state index contributed by atoms with van der Waals surface area (Å²) in [6, 6.07) is 3.17. The van der Waals surface area contributed by atoms with Crippen LogP contribution in [0.2, 0.25) is 4.34 Å². The number of likely N-dealkylation sites (tertiary alicyclic amines) is 1. The predicted octanol–water partition coefficient (Wildman–Crippen LogP) is 2.47. The number of thiophene rings is 1. The molecule has 132 valence electrons. The van der Waals surface area contributed by atoms with Crippen LogP contribution in [0.1, 0.15) is 28.9 Å². The van der Waals surface area contributed by atoms with E-state index in [1.165, 1.54) is 0 Å². The average molecular weight is 382 g/mol. The molecule has 2 aliphatic rings. The van der Waals surface area contributed by atoms with Crippen molar-refractivity contribution in [3.8, 4) is 0 Å². The molecule has 25 heavy (non-hydrogen) atoms. The minimum absolute atomic E-state index is 0.0114. The van der Waals surface area contributed by atoms with Crippen LogP contribution in [-0.2, 0) is 19.1 Å². The number of rotatable bonds is 6. The fourth-order valence-electron chi connectivity index (χ4n) is 3.05. The van der Waals surface area contributed by atoms with Crippen LogP contribution in [0.5, 0.6) is 0 Å². The Balaban J connectivity index is 1.47. The van der Waals surface area contributed by atoms with E-state index in [-0.39, 0.29) is 49.0 Å². The summed E-state index contributed by atoms with van der Waals surface area (Å²) >= 11 is 6.87. The third kappa shape index (κ3) is 3.82. The van der Waals surface area contributed by atoms with Crippen molar-refractivity contribution < 1.29 is 23.9 Å². The molecule has 0 spiro atoms. The molecule has 2 atom stereocenters. The number of carbonyl (C=O) groups is 4. The van der Waals surface area contributed by atoms with Gasteiger partial charge in [0.05, 0.1) is 27.5 Å². The molecule has 1 aromatic heterocycles. The van der Waals surface area contributed by atoms with Crippen molar-refractivity contribution in [2.24, 2.45) is 11.8 Å². The van der Waals surface area contributed by atoms with Crippen molar-refractivity contribution in [2.45, 2.75) is 19.3 Å². The van der Waals surface area contributed by atoms with Crippen LogP contribution in [0, 0.1) is 11.8 Å². The second kappa shape index (κ2) is 7.49. The minimum Gasteiger partial charge on any atom is -0.457 e. The monoisotopic (exact) mass is 381 g/mol. The normalized spacial score (nSPS) is 22.2. The van der Waals surface area contributed by atoms with Crippen molar-refractivity contribution in [2.75, 3.05) is 13.2 Å². The van der Waals surface area contributed by atoms with Crippen molar-refractivity contribution in [1.29, 1.82) is 0 Å². The fraction of sp³-hybridized carbons (Fsp3) is 0.412. The zero-order valence-electron chi connectivity index (χ0n) is 13.3. The summed E-state index contributed by atoms with van der Waals surface area (Å²) in [5.41, 5.74) is 0. The topological polar surface area (TPSA) is 80.8 Å². The third-order valence-corrected chi connectivity index (χ3v) is 5.62. The number of imide groups is 1. The van der Waals surface area contributed by atoms with Crippen LogP contribution in [0.25, 0.3) is 0 Å². The Bertz CT molecular complexity index is 730.